The quantitative estimate of drug-likeness (QED) is 0.725. The average Bonchev–Trinajstić information content (AvgIpc) is 2.99. The Labute approximate surface area is 147 Å². The fourth-order valence-electron chi connectivity index (χ4n) is 2.49. The van der Waals surface area contributed by atoms with Crippen molar-refractivity contribution >= 4 is 5.82 Å². The van der Waals surface area contributed by atoms with Crippen LogP contribution in [0.15, 0.2) is 36.7 Å². The molecule has 1 unspecified atom stereocenters. The molecule has 136 valence electrons. The predicted molar refractivity (Wildman–Crippen MR) is 90.4 cm³/mol. The number of aryl methyl sites for hydroxylation is 1. The zero-order valence-corrected chi connectivity index (χ0v) is 14.2. The van der Waals surface area contributed by atoms with Gasteiger partial charge in [0.25, 0.3) is 0 Å². The Kier molecular flexibility index (Phi) is 4.88. The SMILES string of the molecule is Cc1cc(CC(C)Nc2cc(C(F)(F)F)nc(-c3cccnc3)n2)n[nH]1. The largest absolute Gasteiger partial charge is 0.433 e. The van der Waals surface area contributed by atoms with Gasteiger partial charge in [0, 0.05) is 42.2 Å². The summed E-state index contributed by atoms with van der Waals surface area (Å²) in [6.45, 7) is 3.73. The first-order valence-electron chi connectivity index (χ1n) is 7.95. The molecule has 9 heteroatoms. The predicted octanol–water partition coefficient (Wildman–Crippen LogP) is 3.63. The van der Waals surface area contributed by atoms with Crippen molar-refractivity contribution in [1.82, 2.24) is 25.1 Å². The Hall–Kier alpha value is -2.97. The number of alkyl halides is 3. The normalized spacial score (nSPS) is 12.8. The van der Waals surface area contributed by atoms with Crippen molar-refractivity contribution in [3.8, 4) is 11.4 Å². The third-order valence-corrected chi connectivity index (χ3v) is 3.60. The van der Waals surface area contributed by atoms with Gasteiger partial charge in [-0.2, -0.15) is 18.3 Å². The summed E-state index contributed by atoms with van der Waals surface area (Å²) in [6, 6.07) is 5.86. The van der Waals surface area contributed by atoms with Crippen molar-refractivity contribution in [3.05, 3.63) is 53.7 Å². The Morgan fingerprint density at radius 2 is 2.04 bits per heavy atom. The van der Waals surface area contributed by atoms with Crippen LogP contribution in [0.5, 0.6) is 0 Å². The van der Waals surface area contributed by atoms with E-state index < -0.39 is 11.9 Å². The smallest absolute Gasteiger partial charge is 0.367 e. The molecule has 1 atom stereocenters. The molecule has 0 aliphatic heterocycles. The van der Waals surface area contributed by atoms with E-state index in [1.165, 1.54) is 12.4 Å². The van der Waals surface area contributed by atoms with Crippen molar-refractivity contribution in [2.75, 3.05) is 5.32 Å². The number of H-pyrrole nitrogens is 1. The van der Waals surface area contributed by atoms with Gasteiger partial charge in [-0.25, -0.2) is 9.97 Å². The van der Waals surface area contributed by atoms with Crippen molar-refractivity contribution in [2.45, 2.75) is 32.5 Å². The van der Waals surface area contributed by atoms with Crippen LogP contribution in [0.2, 0.25) is 0 Å². The molecule has 0 aromatic carbocycles. The molecule has 0 spiro atoms. The first-order chi connectivity index (χ1) is 12.3. The highest BCUT2D eigenvalue weighted by Gasteiger charge is 2.34. The number of nitrogens with zero attached hydrogens (tertiary/aromatic N) is 4. The second-order valence-corrected chi connectivity index (χ2v) is 5.99. The Morgan fingerprint density at radius 3 is 2.65 bits per heavy atom. The Bertz CT molecular complexity index is 876. The number of aromatic nitrogens is 5. The fraction of sp³-hybridized carbons (Fsp3) is 0.294. The highest BCUT2D eigenvalue weighted by molar-refractivity contribution is 5.56. The van der Waals surface area contributed by atoms with E-state index in [0.717, 1.165) is 17.5 Å². The van der Waals surface area contributed by atoms with E-state index in [0.29, 0.717) is 12.0 Å². The van der Waals surface area contributed by atoms with E-state index >= 15 is 0 Å². The van der Waals surface area contributed by atoms with E-state index in [9.17, 15) is 13.2 Å². The first kappa shape index (κ1) is 17.8. The molecule has 26 heavy (non-hydrogen) atoms. The van der Waals surface area contributed by atoms with E-state index in [1.54, 1.807) is 12.1 Å². The van der Waals surface area contributed by atoms with Crippen LogP contribution in [0.3, 0.4) is 0 Å². The number of hydrogen-bond acceptors (Lipinski definition) is 5. The molecule has 0 amide bonds. The van der Waals surface area contributed by atoms with Gasteiger partial charge >= 0.3 is 6.18 Å². The summed E-state index contributed by atoms with van der Waals surface area (Å²) in [6.07, 6.45) is -1.07. The number of hydrogen-bond donors (Lipinski definition) is 2. The molecular weight excluding hydrogens is 345 g/mol. The summed E-state index contributed by atoms with van der Waals surface area (Å²) in [5.74, 6) is 0.0733. The fourth-order valence-corrected chi connectivity index (χ4v) is 2.49. The molecular formula is C17H17F3N6. The van der Waals surface area contributed by atoms with Gasteiger partial charge in [-0.1, -0.05) is 0 Å². The molecule has 3 aromatic rings. The van der Waals surface area contributed by atoms with Gasteiger partial charge < -0.3 is 5.32 Å². The summed E-state index contributed by atoms with van der Waals surface area (Å²) >= 11 is 0. The van der Waals surface area contributed by atoms with Crippen LogP contribution in [0, 0.1) is 6.92 Å². The summed E-state index contributed by atoms with van der Waals surface area (Å²) in [7, 11) is 0. The first-order valence-corrected chi connectivity index (χ1v) is 7.95. The van der Waals surface area contributed by atoms with E-state index in [4.69, 9.17) is 0 Å². The zero-order valence-electron chi connectivity index (χ0n) is 14.2. The topological polar surface area (TPSA) is 79.4 Å². The van der Waals surface area contributed by atoms with Crippen LogP contribution in [0.4, 0.5) is 19.0 Å². The van der Waals surface area contributed by atoms with Gasteiger partial charge in [-0.15, -0.1) is 0 Å². The molecule has 0 bridgehead atoms. The number of aromatic amines is 1. The van der Waals surface area contributed by atoms with Crippen LogP contribution in [0.1, 0.15) is 24.0 Å². The van der Waals surface area contributed by atoms with E-state index in [1.807, 2.05) is 19.9 Å². The molecule has 0 aliphatic rings. The third-order valence-electron chi connectivity index (χ3n) is 3.60. The molecule has 0 fully saturated rings. The molecule has 0 saturated carbocycles. The van der Waals surface area contributed by atoms with Crippen molar-refractivity contribution in [1.29, 1.82) is 0 Å². The molecule has 2 N–H and O–H groups in total. The van der Waals surface area contributed by atoms with Crippen molar-refractivity contribution in [3.63, 3.8) is 0 Å². The molecule has 0 aliphatic carbocycles. The zero-order chi connectivity index (χ0) is 18.7. The molecule has 0 saturated heterocycles. The van der Waals surface area contributed by atoms with Gasteiger partial charge in [0.15, 0.2) is 11.5 Å². The van der Waals surface area contributed by atoms with Gasteiger partial charge in [-0.05, 0) is 32.0 Å². The average molecular weight is 362 g/mol. The lowest BCUT2D eigenvalue weighted by atomic mass is 10.1. The molecule has 6 nitrogen and oxygen atoms in total. The lowest BCUT2D eigenvalue weighted by Crippen LogP contribution is -2.20. The second kappa shape index (κ2) is 7.11. The number of anilines is 1. The van der Waals surface area contributed by atoms with Crippen molar-refractivity contribution in [2.24, 2.45) is 0 Å². The summed E-state index contributed by atoms with van der Waals surface area (Å²) in [4.78, 5) is 11.8. The number of halogens is 3. The monoisotopic (exact) mass is 362 g/mol. The summed E-state index contributed by atoms with van der Waals surface area (Å²) < 4.78 is 39.6. The van der Waals surface area contributed by atoms with Gasteiger partial charge in [0.05, 0.1) is 5.69 Å². The maximum atomic E-state index is 13.2. The molecule has 3 rings (SSSR count). The maximum absolute atomic E-state index is 13.2. The highest BCUT2D eigenvalue weighted by Crippen LogP contribution is 2.30. The minimum Gasteiger partial charge on any atom is -0.367 e. The van der Waals surface area contributed by atoms with Crippen LogP contribution in [-0.2, 0) is 12.6 Å². The third kappa shape index (κ3) is 4.35. The molecule has 3 aromatic heterocycles. The highest BCUT2D eigenvalue weighted by atomic mass is 19.4. The lowest BCUT2D eigenvalue weighted by molar-refractivity contribution is -0.141. The molecule has 0 radical (unpaired) electrons. The van der Waals surface area contributed by atoms with E-state index in [-0.39, 0.29) is 17.7 Å². The maximum Gasteiger partial charge on any atom is 0.433 e. The summed E-state index contributed by atoms with van der Waals surface area (Å²) in [5, 5.41) is 9.97. The van der Waals surface area contributed by atoms with Crippen LogP contribution in [-0.4, -0.2) is 31.2 Å². The Morgan fingerprint density at radius 1 is 1.23 bits per heavy atom. The summed E-state index contributed by atoms with van der Waals surface area (Å²) in [5.41, 5.74) is 1.15. The van der Waals surface area contributed by atoms with Gasteiger partial charge in [0.1, 0.15) is 5.82 Å². The van der Waals surface area contributed by atoms with Crippen LogP contribution >= 0.6 is 0 Å². The Balaban J connectivity index is 1.88. The van der Waals surface area contributed by atoms with Gasteiger partial charge in [0.2, 0.25) is 0 Å². The minimum atomic E-state index is -4.57. The van der Waals surface area contributed by atoms with Gasteiger partial charge in [-0.3, -0.25) is 10.1 Å². The molecule has 3 heterocycles. The second-order valence-electron chi connectivity index (χ2n) is 5.99. The van der Waals surface area contributed by atoms with Crippen LogP contribution < -0.4 is 5.32 Å². The number of rotatable bonds is 5. The lowest BCUT2D eigenvalue weighted by Gasteiger charge is -2.16. The van der Waals surface area contributed by atoms with Crippen molar-refractivity contribution < 1.29 is 13.2 Å². The number of nitrogens with one attached hydrogen (secondary N) is 2. The minimum absolute atomic E-state index is 0.0294. The number of pyridine rings is 1. The van der Waals surface area contributed by atoms with Crippen LogP contribution in [0.25, 0.3) is 11.4 Å². The van der Waals surface area contributed by atoms with E-state index in [2.05, 4.69) is 30.5 Å². The standard InChI is InChI=1S/C17H17F3N6/c1-10(6-13-7-11(2)25-26-13)22-15-8-14(17(18,19)20)23-16(24-15)12-4-3-5-21-9-12/h3-5,7-10H,6H2,1-2H3,(H,25,26)(H,22,23,24).